The van der Waals surface area contributed by atoms with Crippen molar-refractivity contribution in [3.63, 3.8) is 0 Å². The molecule has 0 saturated carbocycles. The number of hydrogen-bond donors (Lipinski definition) is 7. The van der Waals surface area contributed by atoms with E-state index < -0.39 is 51.6 Å². The summed E-state index contributed by atoms with van der Waals surface area (Å²) in [6, 6.07) is 5.37. The fourth-order valence-electron chi connectivity index (χ4n) is 3.04. The van der Waals surface area contributed by atoms with Gasteiger partial charge in [0.15, 0.2) is 40.3 Å². The minimum atomic E-state index is -1.04. The quantitative estimate of drug-likeness (QED) is 0.235. The average molecular weight is 430 g/mol. The van der Waals surface area contributed by atoms with Gasteiger partial charge in [0.05, 0.1) is 19.8 Å². The smallest absolute Gasteiger partial charge is 0.203 e. The Labute approximate surface area is 175 Å². The Balaban J connectivity index is 2.24. The second-order valence-electron chi connectivity index (χ2n) is 6.41. The molecule has 31 heavy (non-hydrogen) atoms. The number of carbonyl (C=O) groups is 1. The van der Waals surface area contributed by atoms with Crippen molar-refractivity contribution in [2.75, 3.05) is 14.2 Å². The van der Waals surface area contributed by atoms with Crippen LogP contribution in [0.3, 0.4) is 0 Å². The largest absolute Gasteiger partial charge is 0.504 e. The Bertz CT molecular complexity index is 1200. The maximum atomic E-state index is 13.0. The molecule has 7 N–H and O–H groups in total. The van der Waals surface area contributed by atoms with E-state index in [-0.39, 0.29) is 28.2 Å². The Morgan fingerprint density at radius 2 is 1.35 bits per heavy atom. The number of ketones is 1. The first-order valence-electron chi connectivity index (χ1n) is 8.64. The number of carbonyl (C=O) groups excluding carboxylic acids is 1. The van der Waals surface area contributed by atoms with E-state index in [0.29, 0.717) is 0 Å². The van der Waals surface area contributed by atoms with Gasteiger partial charge < -0.3 is 45.2 Å². The van der Waals surface area contributed by atoms with E-state index in [4.69, 9.17) is 9.47 Å². The van der Waals surface area contributed by atoms with Crippen LogP contribution >= 0.6 is 0 Å². The highest BCUT2D eigenvalue weighted by Crippen LogP contribution is 2.50. The molecule has 3 aromatic carbocycles. The van der Waals surface area contributed by atoms with Crippen molar-refractivity contribution in [3.8, 4) is 62.9 Å². The van der Waals surface area contributed by atoms with E-state index in [1.54, 1.807) is 0 Å². The van der Waals surface area contributed by atoms with Crippen molar-refractivity contribution in [3.05, 3.63) is 41.5 Å². The predicted molar refractivity (Wildman–Crippen MR) is 107 cm³/mol. The fourth-order valence-corrected chi connectivity index (χ4v) is 3.04. The maximum Gasteiger partial charge on any atom is 0.203 e. The Hall–Kier alpha value is -4.47. The van der Waals surface area contributed by atoms with E-state index in [1.165, 1.54) is 20.3 Å². The lowest BCUT2D eigenvalue weighted by Crippen LogP contribution is -2.03. The lowest BCUT2D eigenvalue weighted by Gasteiger charge is -2.15. The highest BCUT2D eigenvalue weighted by atomic mass is 16.5. The topological polar surface area (TPSA) is 177 Å². The van der Waals surface area contributed by atoms with Gasteiger partial charge in [0.2, 0.25) is 17.2 Å². The van der Waals surface area contributed by atoms with Crippen LogP contribution in [0.5, 0.6) is 51.7 Å². The molecule has 0 aliphatic heterocycles. The van der Waals surface area contributed by atoms with Gasteiger partial charge in [0, 0.05) is 16.7 Å². The zero-order valence-electron chi connectivity index (χ0n) is 16.2. The first kappa shape index (κ1) is 21.2. The van der Waals surface area contributed by atoms with E-state index in [2.05, 4.69) is 0 Å². The summed E-state index contributed by atoms with van der Waals surface area (Å²) in [4.78, 5) is 13.0. The molecule has 0 saturated heterocycles. The Morgan fingerprint density at radius 3 is 1.97 bits per heavy atom. The summed E-state index contributed by atoms with van der Waals surface area (Å²) in [7, 11) is 2.39. The van der Waals surface area contributed by atoms with Gasteiger partial charge >= 0.3 is 0 Å². The molecule has 10 nitrogen and oxygen atoms in total. The standard InChI is InChI=1S/C21H18O10/c1-30-14-6-8(5-13(23)19(14)28)15(24)11-7-10(16(25)20(29)17(11)26)9-3-4-12(22)21(31-2)18(9)27/h3-7,22-23,25-29H,1-2H3. The molecule has 0 aliphatic rings. The molecule has 0 unspecified atom stereocenters. The van der Waals surface area contributed by atoms with E-state index >= 15 is 0 Å². The summed E-state index contributed by atoms with van der Waals surface area (Å²) in [5, 5.41) is 70.4. The molecular weight excluding hydrogens is 412 g/mol. The highest BCUT2D eigenvalue weighted by Gasteiger charge is 2.26. The minimum Gasteiger partial charge on any atom is -0.504 e. The first-order valence-corrected chi connectivity index (χ1v) is 8.64. The summed E-state index contributed by atoms with van der Waals surface area (Å²) in [6.45, 7) is 0. The molecular formula is C21H18O10. The number of phenolic OH excluding ortho intramolecular Hbond substituents is 7. The molecule has 0 fully saturated rings. The fraction of sp³-hybridized carbons (Fsp3) is 0.0952. The zero-order valence-corrected chi connectivity index (χ0v) is 16.2. The number of aromatic hydroxyl groups is 7. The molecule has 0 aromatic heterocycles. The Morgan fingerprint density at radius 1 is 0.677 bits per heavy atom. The SMILES string of the molecule is COc1cc(C(=O)c2cc(-c3ccc(O)c(OC)c3O)c(O)c(O)c2O)cc(O)c1O. The summed E-state index contributed by atoms with van der Waals surface area (Å²) in [6.07, 6.45) is 0. The van der Waals surface area contributed by atoms with Crippen molar-refractivity contribution >= 4 is 5.78 Å². The van der Waals surface area contributed by atoms with Crippen molar-refractivity contribution < 1.29 is 50.0 Å². The third-order valence-corrected chi connectivity index (χ3v) is 4.63. The number of phenols is 7. The number of hydrogen-bond acceptors (Lipinski definition) is 10. The maximum absolute atomic E-state index is 13.0. The lowest BCUT2D eigenvalue weighted by atomic mass is 9.94. The van der Waals surface area contributed by atoms with Crippen LogP contribution in [0.2, 0.25) is 0 Å². The molecule has 10 heteroatoms. The zero-order chi connectivity index (χ0) is 23.0. The van der Waals surface area contributed by atoms with Crippen LogP contribution in [-0.2, 0) is 0 Å². The van der Waals surface area contributed by atoms with Crippen molar-refractivity contribution in [2.45, 2.75) is 0 Å². The van der Waals surface area contributed by atoms with Gasteiger partial charge in [-0.25, -0.2) is 0 Å². The molecule has 0 amide bonds. The molecule has 0 atom stereocenters. The van der Waals surface area contributed by atoms with E-state index in [9.17, 15) is 40.5 Å². The van der Waals surface area contributed by atoms with Crippen LogP contribution < -0.4 is 9.47 Å². The number of benzene rings is 3. The summed E-state index contributed by atoms with van der Waals surface area (Å²) >= 11 is 0. The Kier molecular flexibility index (Phi) is 5.31. The molecule has 0 aliphatic carbocycles. The minimum absolute atomic E-state index is 0.123. The average Bonchev–Trinajstić information content (AvgIpc) is 2.74. The van der Waals surface area contributed by atoms with Crippen LogP contribution in [0, 0.1) is 0 Å². The summed E-state index contributed by atoms with van der Waals surface area (Å²) in [5.74, 6) is -6.52. The molecule has 3 rings (SSSR count). The normalized spacial score (nSPS) is 10.6. The highest BCUT2D eigenvalue weighted by molar-refractivity contribution is 6.13. The third kappa shape index (κ3) is 3.39. The first-order chi connectivity index (χ1) is 14.6. The van der Waals surface area contributed by atoms with Gasteiger partial charge in [-0.05, 0) is 30.3 Å². The molecule has 3 aromatic rings. The van der Waals surface area contributed by atoms with Crippen LogP contribution in [0.1, 0.15) is 15.9 Å². The van der Waals surface area contributed by atoms with Crippen LogP contribution in [0.15, 0.2) is 30.3 Å². The lowest BCUT2D eigenvalue weighted by molar-refractivity contribution is 0.103. The van der Waals surface area contributed by atoms with Crippen molar-refractivity contribution in [1.82, 2.24) is 0 Å². The summed E-state index contributed by atoms with van der Waals surface area (Å²) in [5.41, 5.74) is -1.10. The van der Waals surface area contributed by atoms with Gasteiger partial charge in [-0.3, -0.25) is 4.79 Å². The van der Waals surface area contributed by atoms with Gasteiger partial charge in [0.25, 0.3) is 0 Å². The van der Waals surface area contributed by atoms with Gasteiger partial charge in [0.1, 0.15) is 0 Å². The van der Waals surface area contributed by atoms with Crippen molar-refractivity contribution in [2.24, 2.45) is 0 Å². The number of ether oxygens (including phenoxy) is 2. The summed E-state index contributed by atoms with van der Waals surface area (Å²) < 4.78 is 9.79. The van der Waals surface area contributed by atoms with Gasteiger partial charge in [-0.2, -0.15) is 0 Å². The van der Waals surface area contributed by atoms with Crippen LogP contribution in [-0.4, -0.2) is 55.7 Å². The van der Waals surface area contributed by atoms with Gasteiger partial charge in [-0.15, -0.1) is 0 Å². The number of rotatable bonds is 5. The molecule has 0 bridgehead atoms. The van der Waals surface area contributed by atoms with E-state index in [0.717, 1.165) is 24.3 Å². The van der Waals surface area contributed by atoms with Crippen molar-refractivity contribution in [1.29, 1.82) is 0 Å². The molecule has 162 valence electrons. The van der Waals surface area contributed by atoms with Gasteiger partial charge in [-0.1, -0.05) is 0 Å². The predicted octanol–water partition coefficient (Wildman–Crippen LogP) is 2.54. The number of methoxy groups -OCH3 is 2. The monoisotopic (exact) mass is 430 g/mol. The van der Waals surface area contributed by atoms with E-state index in [1.807, 2.05) is 0 Å². The van der Waals surface area contributed by atoms with Crippen LogP contribution in [0.4, 0.5) is 0 Å². The second-order valence-corrected chi connectivity index (χ2v) is 6.41. The molecule has 0 radical (unpaired) electrons. The second kappa shape index (κ2) is 7.75. The molecule has 0 heterocycles. The third-order valence-electron chi connectivity index (χ3n) is 4.63. The van der Waals surface area contributed by atoms with Crippen LogP contribution in [0.25, 0.3) is 11.1 Å². The molecule has 0 spiro atoms.